The highest BCUT2D eigenvalue weighted by Gasteiger charge is 2.09. The SMILES string of the molecule is Cc1ccc(CC(=O)Oc2ccc(-c3nnco3)cc2)cc1C. The third-order valence-corrected chi connectivity index (χ3v) is 3.61. The largest absolute Gasteiger partial charge is 0.426 e. The molecule has 5 heteroatoms. The monoisotopic (exact) mass is 308 g/mol. The molecule has 0 amide bonds. The van der Waals surface area contributed by atoms with Gasteiger partial charge >= 0.3 is 5.97 Å². The zero-order valence-electron chi connectivity index (χ0n) is 12.9. The Balaban J connectivity index is 1.64. The summed E-state index contributed by atoms with van der Waals surface area (Å²) >= 11 is 0. The van der Waals surface area contributed by atoms with E-state index in [2.05, 4.69) is 10.2 Å². The molecule has 3 rings (SSSR count). The number of hydrogen-bond acceptors (Lipinski definition) is 5. The fourth-order valence-electron chi connectivity index (χ4n) is 2.21. The van der Waals surface area contributed by atoms with Crippen molar-refractivity contribution >= 4 is 5.97 Å². The third kappa shape index (κ3) is 3.63. The van der Waals surface area contributed by atoms with Crippen molar-refractivity contribution in [3.8, 4) is 17.2 Å². The summed E-state index contributed by atoms with van der Waals surface area (Å²) in [5.74, 6) is 0.624. The van der Waals surface area contributed by atoms with E-state index in [1.165, 1.54) is 17.5 Å². The predicted octanol–water partition coefficient (Wildman–Crippen LogP) is 3.50. The molecule has 0 radical (unpaired) electrons. The van der Waals surface area contributed by atoms with Crippen LogP contribution in [0.1, 0.15) is 16.7 Å². The van der Waals surface area contributed by atoms with Gasteiger partial charge in [-0.3, -0.25) is 4.79 Å². The summed E-state index contributed by atoms with van der Waals surface area (Å²) in [6.45, 7) is 4.07. The fourth-order valence-corrected chi connectivity index (χ4v) is 2.21. The van der Waals surface area contributed by atoms with Crippen molar-refractivity contribution in [1.82, 2.24) is 10.2 Å². The van der Waals surface area contributed by atoms with Crippen LogP contribution in [0.25, 0.3) is 11.5 Å². The fraction of sp³-hybridized carbons (Fsp3) is 0.167. The highest BCUT2D eigenvalue weighted by atomic mass is 16.5. The number of carbonyl (C=O) groups excluding carboxylic acids is 1. The van der Waals surface area contributed by atoms with Crippen molar-refractivity contribution < 1.29 is 13.9 Å². The minimum absolute atomic E-state index is 0.243. The Morgan fingerprint density at radius 3 is 2.52 bits per heavy atom. The first-order chi connectivity index (χ1) is 11.1. The average Bonchev–Trinajstić information content (AvgIpc) is 3.06. The molecule has 0 N–H and O–H groups in total. The maximum absolute atomic E-state index is 12.0. The summed E-state index contributed by atoms with van der Waals surface area (Å²) in [6, 6.07) is 12.9. The van der Waals surface area contributed by atoms with Gasteiger partial charge in [-0.25, -0.2) is 0 Å². The molecule has 0 bridgehead atoms. The van der Waals surface area contributed by atoms with E-state index in [1.807, 2.05) is 32.0 Å². The highest BCUT2D eigenvalue weighted by molar-refractivity contribution is 5.75. The molecule has 0 atom stereocenters. The van der Waals surface area contributed by atoms with Gasteiger partial charge < -0.3 is 9.15 Å². The number of esters is 1. The molecule has 1 heterocycles. The van der Waals surface area contributed by atoms with E-state index in [0.29, 0.717) is 11.6 Å². The van der Waals surface area contributed by atoms with Crippen molar-refractivity contribution in [2.75, 3.05) is 0 Å². The van der Waals surface area contributed by atoms with Gasteiger partial charge in [-0.2, -0.15) is 0 Å². The highest BCUT2D eigenvalue weighted by Crippen LogP contribution is 2.20. The second-order valence-electron chi connectivity index (χ2n) is 5.34. The second kappa shape index (κ2) is 6.44. The molecular formula is C18H16N2O3. The molecule has 0 aliphatic heterocycles. The van der Waals surface area contributed by atoms with E-state index < -0.39 is 0 Å². The Labute approximate surface area is 133 Å². The van der Waals surface area contributed by atoms with Crippen LogP contribution >= 0.6 is 0 Å². The van der Waals surface area contributed by atoms with Gasteiger partial charge in [0.15, 0.2) is 0 Å². The molecule has 0 fully saturated rings. The predicted molar refractivity (Wildman–Crippen MR) is 85.0 cm³/mol. The Kier molecular flexibility index (Phi) is 4.19. The minimum atomic E-state index is -0.293. The van der Waals surface area contributed by atoms with Gasteiger partial charge in [-0.15, -0.1) is 10.2 Å². The van der Waals surface area contributed by atoms with E-state index >= 15 is 0 Å². The lowest BCUT2D eigenvalue weighted by molar-refractivity contribution is -0.133. The molecule has 1 aromatic heterocycles. The molecule has 0 saturated heterocycles. The van der Waals surface area contributed by atoms with Crippen LogP contribution < -0.4 is 4.74 Å². The summed E-state index contributed by atoms with van der Waals surface area (Å²) in [6.07, 6.45) is 1.51. The van der Waals surface area contributed by atoms with Gasteiger partial charge in [0.2, 0.25) is 12.3 Å². The number of hydrogen-bond donors (Lipinski definition) is 0. The molecule has 3 aromatic rings. The maximum Gasteiger partial charge on any atom is 0.315 e. The van der Waals surface area contributed by atoms with Crippen LogP contribution in [0.4, 0.5) is 0 Å². The Morgan fingerprint density at radius 1 is 1.09 bits per heavy atom. The van der Waals surface area contributed by atoms with Crippen LogP contribution in [-0.4, -0.2) is 16.2 Å². The van der Waals surface area contributed by atoms with E-state index in [1.54, 1.807) is 24.3 Å². The number of rotatable bonds is 4. The van der Waals surface area contributed by atoms with Crippen molar-refractivity contribution in [2.24, 2.45) is 0 Å². The minimum Gasteiger partial charge on any atom is -0.426 e. The summed E-state index contributed by atoms with van der Waals surface area (Å²) in [5.41, 5.74) is 4.09. The van der Waals surface area contributed by atoms with Crippen molar-refractivity contribution in [1.29, 1.82) is 0 Å². The zero-order valence-corrected chi connectivity index (χ0v) is 12.9. The van der Waals surface area contributed by atoms with E-state index in [-0.39, 0.29) is 12.4 Å². The quantitative estimate of drug-likeness (QED) is 0.545. The molecule has 116 valence electrons. The molecule has 0 unspecified atom stereocenters. The summed E-state index contributed by atoms with van der Waals surface area (Å²) in [4.78, 5) is 12.0. The maximum atomic E-state index is 12.0. The third-order valence-electron chi connectivity index (χ3n) is 3.61. The van der Waals surface area contributed by atoms with E-state index in [4.69, 9.17) is 9.15 Å². The Bertz CT molecular complexity index is 809. The van der Waals surface area contributed by atoms with Gasteiger partial charge in [0.05, 0.1) is 6.42 Å². The molecule has 2 aromatic carbocycles. The van der Waals surface area contributed by atoms with Crippen LogP contribution in [0.5, 0.6) is 5.75 Å². The van der Waals surface area contributed by atoms with Crippen LogP contribution in [0.2, 0.25) is 0 Å². The van der Waals surface area contributed by atoms with Crippen LogP contribution in [0.15, 0.2) is 53.3 Å². The Hall–Kier alpha value is -2.95. The van der Waals surface area contributed by atoms with Gasteiger partial charge in [0, 0.05) is 5.56 Å². The lowest BCUT2D eigenvalue weighted by Crippen LogP contribution is -2.11. The first-order valence-electron chi connectivity index (χ1n) is 7.25. The van der Waals surface area contributed by atoms with E-state index in [0.717, 1.165) is 11.1 Å². The average molecular weight is 308 g/mol. The number of ether oxygens (including phenoxy) is 1. The summed E-state index contributed by atoms with van der Waals surface area (Å²) in [5, 5.41) is 7.45. The first kappa shape index (κ1) is 15.0. The molecule has 23 heavy (non-hydrogen) atoms. The Morgan fingerprint density at radius 2 is 1.87 bits per heavy atom. The van der Waals surface area contributed by atoms with Gasteiger partial charge in [-0.05, 0) is 54.8 Å². The van der Waals surface area contributed by atoms with Crippen molar-refractivity contribution in [2.45, 2.75) is 20.3 Å². The number of aryl methyl sites for hydroxylation is 2. The first-order valence-corrected chi connectivity index (χ1v) is 7.25. The summed E-state index contributed by atoms with van der Waals surface area (Å²) < 4.78 is 10.5. The molecule has 0 aliphatic carbocycles. The standard InChI is InChI=1S/C18H16N2O3/c1-12-3-4-14(9-13(12)2)10-17(21)23-16-7-5-15(6-8-16)18-20-19-11-22-18/h3-9,11H,10H2,1-2H3. The molecule has 0 saturated carbocycles. The lowest BCUT2D eigenvalue weighted by atomic mass is 10.0. The number of carbonyl (C=O) groups is 1. The van der Waals surface area contributed by atoms with Gasteiger partial charge in [-0.1, -0.05) is 18.2 Å². The molecule has 5 nitrogen and oxygen atoms in total. The van der Waals surface area contributed by atoms with Crippen molar-refractivity contribution in [3.63, 3.8) is 0 Å². The smallest absolute Gasteiger partial charge is 0.315 e. The number of nitrogens with zero attached hydrogens (tertiary/aromatic N) is 2. The number of benzene rings is 2. The van der Waals surface area contributed by atoms with E-state index in [9.17, 15) is 4.79 Å². The summed E-state index contributed by atoms with van der Waals surface area (Å²) in [7, 11) is 0. The molecular weight excluding hydrogens is 292 g/mol. The molecule has 0 spiro atoms. The van der Waals surface area contributed by atoms with Crippen LogP contribution in [0, 0.1) is 13.8 Å². The van der Waals surface area contributed by atoms with Crippen LogP contribution in [-0.2, 0) is 11.2 Å². The normalized spacial score (nSPS) is 10.5. The van der Waals surface area contributed by atoms with Crippen LogP contribution in [0.3, 0.4) is 0 Å². The van der Waals surface area contributed by atoms with Gasteiger partial charge in [0.1, 0.15) is 5.75 Å². The molecule has 0 aliphatic rings. The second-order valence-corrected chi connectivity index (χ2v) is 5.34. The lowest BCUT2D eigenvalue weighted by Gasteiger charge is -2.06. The van der Waals surface area contributed by atoms with Gasteiger partial charge in [0.25, 0.3) is 0 Å². The zero-order chi connectivity index (χ0) is 16.2. The van der Waals surface area contributed by atoms with Crippen molar-refractivity contribution in [3.05, 3.63) is 65.5 Å². The topological polar surface area (TPSA) is 65.2 Å². The number of aromatic nitrogens is 2.